The zero-order valence-electron chi connectivity index (χ0n) is 17.8. The second-order valence-electron chi connectivity index (χ2n) is 9.51. The third-order valence-electron chi connectivity index (χ3n) is 7.90. The van der Waals surface area contributed by atoms with Crippen molar-refractivity contribution < 1.29 is 19.1 Å². The van der Waals surface area contributed by atoms with Crippen molar-refractivity contribution in [2.24, 2.45) is 11.8 Å². The first-order valence-electron chi connectivity index (χ1n) is 11.3. The maximum absolute atomic E-state index is 12.9. The molecular formula is C24H27N3O4. The largest absolute Gasteiger partial charge is 0.457 e. The average Bonchev–Trinajstić information content (AvgIpc) is 3.27. The van der Waals surface area contributed by atoms with Crippen LogP contribution in [0, 0.1) is 18.8 Å². The van der Waals surface area contributed by atoms with Crippen LogP contribution < -0.4 is 0 Å². The van der Waals surface area contributed by atoms with Gasteiger partial charge in [-0.15, -0.1) is 0 Å². The van der Waals surface area contributed by atoms with Crippen molar-refractivity contribution >= 4 is 17.8 Å². The van der Waals surface area contributed by atoms with Gasteiger partial charge >= 0.3 is 12.0 Å². The molecule has 2 unspecified atom stereocenters. The number of ketones is 1. The van der Waals surface area contributed by atoms with E-state index >= 15 is 0 Å². The van der Waals surface area contributed by atoms with Crippen LogP contribution in [0.5, 0.6) is 0 Å². The molecule has 2 amide bonds. The van der Waals surface area contributed by atoms with E-state index in [1.807, 2.05) is 11.0 Å². The fourth-order valence-corrected chi connectivity index (χ4v) is 6.07. The van der Waals surface area contributed by atoms with Crippen molar-refractivity contribution in [1.29, 1.82) is 0 Å². The zero-order chi connectivity index (χ0) is 21.3. The van der Waals surface area contributed by atoms with E-state index in [-0.39, 0.29) is 17.8 Å². The van der Waals surface area contributed by atoms with Gasteiger partial charge < -0.3 is 14.5 Å². The molecule has 0 bridgehead atoms. The monoisotopic (exact) mass is 421 g/mol. The highest BCUT2D eigenvalue weighted by Crippen LogP contribution is 2.50. The normalized spacial score (nSPS) is 29.5. The first-order valence-corrected chi connectivity index (χ1v) is 11.3. The lowest BCUT2D eigenvalue weighted by molar-refractivity contribution is -0.114. The molecular weight excluding hydrogens is 394 g/mol. The van der Waals surface area contributed by atoms with Crippen molar-refractivity contribution in [3.8, 4) is 0 Å². The van der Waals surface area contributed by atoms with Gasteiger partial charge in [0.1, 0.15) is 6.61 Å². The van der Waals surface area contributed by atoms with Gasteiger partial charge in [0, 0.05) is 62.5 Å². The van der Waals surface area contributed by atoms with Crippen LogP contribution in [0.1, 0.15) is 39.9 Å². The summed E-state index contributed by atoms with van der Waals surface area (Å²) in [6.07, 6.45) is 3.86. The molecule has 0 spiro atoms. The number of hydrogen-bond donors (Lipinski definition) is 0. The Morgan fingerprint density at radius 3 is 2.61 bits per heavy atom. The number of cyclic esters (lactones) is 1. The Morgan fingerprint density at radius 1 is 1.06 bits per heavy atom. The number of piperidine rings is 1. The third-order valence-corrected chi connectivity index (χ3v) is 7.90. The summed E-state index contributed by atoms with van der Waals surface area (Å²) in [6, 6.07) is 4.44. The summed E-state index contributed by atoms with van der Waals surface area (Å²) in [6.45, 7) is 7.07. The van der Waals surface area contributed by atoms with Gasteiger partial charge in [-0.1, -0.05) is 6.07 Å². The molecule has 2 atom stereocenters. The Hall–Kier alpha value is -2.67. The minimum atomic E-state index is -0.207. The van der Waals surface area contributed by atoms with Gasteiger partial charge in [-0.2, -0.15) is 0 Å². The van der Waals surface area contributed by atoms with Crippen LogP contribution in [0.4, 0.5) is 4.79 Å². The first-order chi connectivity index (χ1) is 15.0. The van der Waals surface area contributed by atoms with Gasteiger partial charge in [-0.3, -0.25) is 9.69 Å². The highest BCUT2D eigenvalue weighted by Gasteiger charge is 2.60. The fraction of sp³-hybridized carbons (Fsp3) is 0.542. The number of hydrogen-bond acceptors (Lipinski definition) is 5. The zero-order valence-corrected chi connectivity index (χ0v) is 17.8. The fourth-order valence-electron chi connectivity index (χ4n) is 6.07. The van der Waals surface area contributed by atoms with Crippen LogP contribution in [-0.2, 0) is 22.6 Å². The number of allylic oxidation sites excluding steroid dienone is 2. The van der Waals surface area contributed by atoms with Gasteiger partial charge in [-0.25, -0.2) is 9.59 Å². The lowest BCUT2D eigenvalue weighted by atomic mass is 9.96. The summed E-state index contributed by atoms with van der Waals surface area (Å²) in [5, 5.41) is 0. The second-order valence-corrected chi connectivity index (χ2v) is 9.51. The lowest BCUT2D eigenvalue weighted by Crippen LogP contribution is -2.38. The van der Waals surface area contributed by atoms with Crippen LogP contribution in [-0.4, -0.2) is 71.2 Å². The van der Waals surface area contributed by atoms with Crippen LogP contribution in [0.2, 0.25) is 0 Å². The van der Waals surface area contributed by atoms with E-state index in [4.69, 9.17) is 4.74 Å². The number of carbonyl (C=O) groups is 3. The number of urea groups is 1. The maximum Gasteiger partial charge on any atom is 0.338 e. The lowest BCUT2D eigenvalue weighted by Gasteiger charge is -2.25. The topological polar surface area (TPSA) is 70.2 Å². The molecule has 3 heterocycles. The number of esters is 1. The molecule has 0 N–H and O–H groups in total. The Bertz CT molecular complexity index is 1020. The van der Waals surface area contributed by atoms with Gasteiger partial charge in [-0.05, 0) is 48.8 Å². The predicted octanol–water partition coefficient (Wildman–Crippen LogP) is 2.12. The SMILES string of the molecule is Cc1c(CCN2CC3C(C2)C3N2CCN(C3=CC(=O)CC3)C2=O)ccc2c1COC2=O. The van der Waals surface area contributed by atoms with Crippen molar-refractivity contribution in [3.05, 3.63) is 46.2 Å². The molecule has 1 aromatic rings. The second kappa shape index (κ2) is 6.92. The smallest absolute Gasteiger partial charge is 0.338 e. The van der Waals surface area contributed by atoms with Gasteiger partial charge in [0.2, 0.25) is 0 Å². The molecule has 2 aliphatic carbocycles. The number of fused-ring (bicyclic) bond motifs is 2. The van der Waals surface area contributed by atoms with E-state index in [9.17, 15) is 14.4 Å². The van der Waals surface area contributed by atoms with Crippen LogP contribution in [0.25, 0.3) is 0 Å². The number of nitrogens with zero attached hydrogens (tertiary/aromatic N) is 3. The summed E-state index contributed by atoms with van der Waals surface area (Å²) < 4.78 is 5.17. The number of amides is 2. The molecule has 2 saturated heterocycles. The number of likely N-dealkylation sites (tertiary alicyclic amines) is 1. The third kappa shape index (κ3) is 3.01. The first kappa shape index (κ1) is 19.0. The Labute approximate surface area is 181 Å². The molecule has 3 fully saturated rings. The van der Waals surface area contributed by atoms with E-state index in [1.165, 1.54) is 11.1 Å². The molecule has 7 heteroatoms. The minimum Gasteiger partial charge on any atom is -0.457 e. The Morgan fingerprint density at radius 2 is 1.87 bits per heavy atom. The van der Waals surface area contributed by atoms with E-state index in [0.717, 1.165) is 43.9 Å². The summed E-state index contributed by atoms with van der Waals surface area (Å²) in [5.41, 5.74) is 5.14. The highest BCUT2D eigenvalue weighted by atomic mass is 16.5. The van der Waals surface area contributed by atoms with Gasteiger partial charge in [0.05, 0.1) is 5.56 Å². The molecule has 3 aliphatic heterocycles. The van der Waals surface area contributed by atoms with E-state index < -0.39 is 0 Å². The van der Waals surface area contributed by atoms with Crippen molar-refractivity contribution in [1.82, 2.24) is 14.7 Å². The molecule has 162 valence electrons. The van der Waals surface area contributed by atoms with Gasteiger partial charge in [0.25, 0.3) is 0 Å². The molecule has 31 heavy (non-hydrogen) atoms. The number of benzene rings is 1. The highest BCUT2D eigenvalue weighted by molar-refractivity contribution is 5.94. The van der Waals surface area contributed by atoms with E-state index in [1.54, 1.807) is 6.08 Å². The maximum atomic E-state index is 12.9. The van der Waals surface area contributed by atoms with E-state index in [0.29, 0.717) is 49.4 Å². The Kier molecular flexibility index (Phi) is 4.25. The summed E-state index contributed by atoms with van der Waals surface area (Å²) >= 11 is 0. The Balaban J connectivity index is 1.03. The molecule has 0 radical (unpaired) electrons. The minimum absolute atomic E-state index is 0.0948. The van der Waals surface area contributed by atoms with Crippen LogP contribution in [0.15, 0.2) is 23.9 Å². The molecule has 0 aromatic heterocycles. The average molecular weight is 421 g/mol. The summed E-state index contributed by atoms with van der Waals surface area (Å²) in [7, 11) is 0. The van der Waals surface area contributed by atoms with E-state index in [2.05, 4.69) is 22.8 Å². The van der Waals surface area contributed by atoms with Crippen LogP contribution in [0.3, 0.4) is 0 Å². The van der Waals surface area contributed by atoms with Crippen molar-refractivity contribution in [2.45, 2.75) is 38.8 Å². The molecule has 1 saturated carbocycles. The van der Waals surface area contributed by atoms with Crippen molar-refractivity contribution in [3.63, 3.8) is 0 Å². The quantitative estimate of drug-likeness (QED) is 0.682. The molecule has 1 aromatic carbocycles. The van der Waals surface area contributed by atoms with Crippen molar-refractivity contribution in [2.75, 3.05) is 32.7 Å². The standard InChI is InChI=1S/C24H27N3O4/c1-14-15(2-5-18-21(14)13-31-23(18)29)6-7-25-11-19-20(12-25)22(19)27-9-8-26(24(27)30)16-3-4-17(28)10-16/h2,5,10,19-20,22H,3-4,6-9,11-13H2,1H3. The number of carbonyl (C=O) groups excluding carboxylic acids is 3. The number of ether oxygens (including phenoxy) is 1. The molecule has 6 rings (SSSR count). The molecule has 5 aliphatic rings. The van der Waals surface area contributed by atoms with Gasteiger partial charge in [0.15, 0.2) is 5.78 Å². The predicted molar refractivity (Wildman–Crippen MR) is 112 cm³/mol. The number of rotatable bonds is 5. The molecule has 7 nitrogen and oxygen atoms in total. The summed E-state index contributed by atoms with van der Waals surface area (Å²) in [5.74, 6) is 1.09. The summed E-state index contributed by atoms with van der Waals surface area (Å²) in [4.78, 5) is 42.6. The van der Waals surface area contributed by atoms with Crippen LogP contribution >= 0.6 is 0 Å².